The van der Waals surface area contributed by atoms with E-state index >= 15 is 0 Å². The molecule has 1 atom stereocenters. The number of benzene rings is 1. The van der Waals surface area contributed by atoms with E-state index in [1.54, 1.807) is 24.7 Å². The van der Waals surface area contributed by atoms with E-state index in [0.717, 1.165) is 25.1 Å². The van der Waals surface area contributed by atoms with Gasteiger partial charge in [-0.05, 0) is 24.1 Å². The molecule has 26 heavy (non-hydrogen) atoms. The van der Waals surface area contributed by atoms with Crippen LogP contribution in [0.4, 0.5) is 4.39 Å². The quantitative estimate of drug-likeness (QED) is 0.419. The molecule has 0 saturated heterocycles. The van der Waals surface area contributed by atoms with Gasteiger partial charge in [-0.3, -0.25) is 0 Å². The Bertz CT molecular complexity index is 608. The predicted octanol–water partition coefficient (Wildman–Crippen LogP) is 5.87. The topological polar surface area (TPSA) is 27.1 Å². The molecule has 0 aliphatic heterocycles. The summed E-state index contributed by atoms with van der Waals surface area (Å²) in [6.07, 6.45) is 18.5. The Morgan fingerprint density at radius 3 is 2.50 bits per heavy atom. The largest absolute Gasteiger partial charge is 0.372 e. The number of halogens is 1. The molecule has 0 aliphatic carbocycles. The molecular weight excluding hydrogens is 327 g/mol. The molecule has 1 heterocycles. The van der Waals surface area contributed by atoms with E-state index in [0.29, 0.717) is 0 Å². The highest BCUT2D eigenvalue weighted by Crippen LogP contribution is 2.10. The average molecular weight is 359 g/mol. The number of ether oxygens (including phenoxy) is 1. The number of hydrogen-bond donors (Lipinski definition) is 0. The summed E-state index contributed by atoms with van der Waals surface area (Å²) in [4.78, 5) is 4.09. The van der Waals surface area contributed by atoms with Crippen LogP contribution in [0.3, 0.4) is 0 Å². The minimum Gasteiger partial charge on any atom is -0.372 e. The van der Waals surface area contributed by atoms with E-state index in [1.807, 2.05) is 16.8 Å². The predicted molar refractivity (Wildman–Crippen MR) is 105 cm³/mol. The lowest BCUT2D eigenvalue weighted by Crippen LogP contribution is -2.18. The van der Waals surface area contributed by atoms with Crippen LogP contribution in [0.5, 0.6) is 0 Å². The Labute approximate surface area is 156 Å². The number of aromatic nitrogens is 2. The van der Waals surface area contributed by atoms with Gasteiger partial charge in [0.2, 0.25) is 0 Å². The van der Waals surface area contributed by atoms with Crippen molar-refractivity contribution in [1.29, 1.82) is 0 Å². The maximum absolute atomic E-state index is 13.0. The number of unbranched alkanes of at least 4 members (excludes halogenated alkanes) is 6. The fraction of sp³-hybridized carbons (Fsp3) is 0.500. The molecule has 0 radical (unpaired) electrons. The van der Waals surface area contributed by atoms with Crippen LogP contribution in [-0.4, -0.2) is 22.3 Å². The molecule has 0 bridgehead atoms. The molecule has 0 saturated carbocycles. The van der Waals surface area contributed by atoms with Gasteiger partial charge in [-0.25, -0.2) is 9.37 Å². The summed E-state index contributed by atoms with van der Waals surface area (Å²) in [5, 5.41) is 0. The second-order valence-electron chi connectivity index (χ2n) is 6.70. The zero-order valence-corrected chi connectivity index (χ0v) is 15.8. The molecule has 2 rings (SSSR count). The molecule has 1 unspecified atom stereocenters. The molecule has 0 aliphatic rings. The van der Waals surface area contributed by atoms with Crippen molar-refractivity contribution in [3.8, 4) is 0 Å². The fourth-order valence-corrected chi connectivity index (χ4v) is 2.86. The van der Waals surface area contributed by atoms with Gasteiger partial charge in [-0.1, -0.05) is 69.7 Å². The van der Waals surface area contributed by atoms with Crippen molar-refractivity contribution >= 4 is 6.08 Å². The highest BCUT2D eigenvalue weighted by Gasteiger charge is 2.06. The molecule has 1 aromatic carbocycles. The molecule has 0 spiro atoms. The Balaban J connectivity index is 1.77. The summed E-state index contributed by atoms with van der Waals surface area (Å²) < 4.78 is 21.1. The van der Waals surface area contributed by atoms with Gasteiger partial charge >= 0.3 is 0 Å². The van der Waals surface area contributed by atoms with Crippen LogP contribution in [0, 0.1) is 5.82 Å². The van der Waals surface area contributed by atoms with Gasteiger partial charge in [0.1, 0.15) is 5.82 Å². The van der Waals surface area contributed by atoms with Crippen molar-refractivity contribution in [2.45, 2.75) is 64.5 Å². The Kier molecular flexibility index (Phi) is 9.73. The maximum Gasteiger partial charge on any atom is 0.123 e. The van der Waals surface area contributed by atoms with Crippen molar-refractivity contribution in [3.63, 3.8) is 0 Å². The van der Waals surface area contributed by atoms with E-state index in [-0.39, 0.29) is 11.9 Å². The fourth-order valence-electron chi connectivity index (χ4n) is 2.86. The van der Waals surface area contributed by atoms with Crippen LogP contribution >= 0.6 is 0 Å². The zero-order valence-electron chi connectivity index (χ0n) is 15.8. The van der Waals surface area contributed by atoms with Crippen LogP contribution in [-0.2, 0) is 11.3 Å². The number of imidazole rings is 1. The third kappa shape index (κ3) is 8.43. The first-order chi connectivity index (χ1) is 12.8. The SMILES string of the molecule is CCCCCCCCCOC(C=Cc1ccc(F)cc1)Cn1ccnc1. The van der Waals surface area contributed by atoms with Crippen LogP contribution in [0.25, 0.3) is 6.08 Å². The summed E-state index contributed by atoms with van der Waals surface area (Å²) in [6.45, 7) is 3.74. The molecule has 142 valence electrons. The van der Waals surface area contributed by atoms with Gasteiger partial charge in [0, 0.05) is 19.0 Å². The van der Waals surface area contributed by atoms with Crippen LogP contribution in [0.1, 0.15) is 57.4 Å². The van der Waals surface area contributed by atoms with Gasteiger partial charge in [0.25, 0.3) is 0 Å². The average Bonchev–Trinajstić information content (AvgIpc) is 3.16. The summed E-state index contributed by atoms with van der Waals surface area (Å²) in [6, 6.07) is 6.50. The summed E-state index contributed by atoms with van der Waals surface area (Å²) in [7, 11) is 0. The first-order valence-electron chi connectivity index (χ1n) is 9.79. The Morgan fingerprint density at radius 2 is 1.81 bits per heavy atom. The van der Waals surface area contributed by atoms with Gasteiger partial charge in [-0.2, -0.15) is 0 Å². The van der Waals surface area contributed by atoms with Crippen molar-refractivity contribution in [3.05, 3.63) is 60.4 Å². The van der Waals surface area contributed by atoms with Crippen LogP contribution in [0.2, 0.25) is 0 Å². The van der Waals surface area contributed by atoms with Crippen LogP contribution < -0.4 is 0 Å². The normalized spacial score (nSPS) is 12.7. The smallest absolute Gasteiger partial charge is 0.123 e. The third-order valence-electron chi connectivity index (χ3n) is 4.40. The van der Waals surface area contributed by atoms with E-state index in [9.17, 15) is 4.39 Å². The van der Waals surface area contributed by atoms with E-state index in [2.05, 4.69) is 18.0 Å². The standard InChI is InChI=1S/C22H31FN2O/c1-2-3-4-5-6-7-8-17-26-22(18-25-16-15-24-19-25)14-11-20-9-12-21(23)13-10-20/h9-16,19,22H,2-8,17-18H2,1H3. The summed E-state index contributed by atoms with van der Waals surface area (Å²) >= 11 is 0. The first-order valence-corrected chi connectivity index (χ1v) is 9.79. The maximum atomic E-state index is 13.0. The van der Waals surface area contributed by atoms with E-state index in [1.165, 1.54) is 50.7 Å². The molecule has 0 amide bonds. The lowest BCUT2D eigenvalue weighted by Gasteiger charge is -2.15. The zero-order chi connectivity index (χ0) is 18.5. The second kappa shape index (κ2) is 12.4. The molecule has 1 aromatic heterocycles. The van der Waals surface area contributed by atoms with Gasteiger partial charge < -0.3 is 9.30 Å². The second-order valence-corrected chi connectivity index (χ2v) is 6.70. The Hall–Kier alpha value is -1.94. The lowest BCUT2D eigenvalue weighted by molar-refractivity contribution is 0.0710. The molecule has 2 aromatic rings. The van der Waals surface area contributed by atoms with Crippen molar-refractivity contribution in [2.24, 2.45) is 0 Å². The molecule has 0 fully saturated rings. The van der Waals surface area contributed by atoms with Crippen LogP contribution in [0.15, 0.2) is 49.1 Å². The van der Waals surface area contributed by atoms with E-state index in [4.69, 9.17) is 4.74 Å². The van der Waals surface area contributed by atoms with Gasteiger partial charge in [0.05, 0.1) is 19.0 Å². The first kappa shape index (κ1) is 20.4. The number of hydrogen-bond acceptors (Lipinski definition) is 2. The summed E-state index contributed by atoms with van der Waals surface area (Å²) in [5.41, 5.74) is 0.974. The van der Waals surface area contributed by atoms with Crippen molar-refractivity contribution < 1.29 is 9.13 Å². The molecule has 3 nitrogen and oxygen atoms in total. The van der Waals surface area contributed by atoms with Crippen molar-refractivity contribution in [1.82, 2.24) is 9.55 Å². The molecule has 4 heteroatoms. The molecular formula is C22H31FN2O. The number of rotatable bonds is 13. The third-order valence-corrected chi connectivity index (χ3v) is 4.40. The lowest BCUT2D eigenvalue weighted by atomic mass is 10.1. The highest BCUT2D eigenvalue weighted by molar-refractivity contribution is 5.49. The van der Waals surface area contributed by atoms with E-state index < -0.39 is 0 Å². The van der Waals surface area contributed by atoms with Gasteiger partial charge in [0.15, 0.2) is 0 Å². The van der Waals surface area contributed by atoms with Crippen molar-refractivity contribution in [2.75, 3.05) is 6.61 Å². The minimum atomic E-state index is -0.215. The minimum absolute atomic E-state index is 0.0191. The summed E-state index contributed by atoms with van der Waals surface area (Å²) in [5.74, 6) is -0.215. The monoisotopic (exact) mass is 358 g/mol. The molecule has 0 N–H and O–H groups in total. The highest BCUT2D eigenvalue weighted by atomic mass is 19.1. The number of nitrogens with zero attached hydrogens (tertiary/aromatic N) is 2. The van der Waals surface area contributed by atoms with Gasteiger partial charge in [-0.15, -0.1) is 0 Å². The Morgan fingerprint density at radius 1 is 1.08 bits per heavy atom.